The summed E-state index contributed by atoms with van der Waals surface area (Å²) in [4.78, 5) is 0.326. The van der Waals surface area contributed by atoms with Crippen LogP contribution in [0.2, 0.25) is 0 Å². The van der Waals surface area contributed by atoms with E-state index in [-0.39, 0.29) is 0 Å². The molecule has 3 nitrogen and oxygen atoms in total. The van der Waals surface area contributed by atoms with Gasteiger partial charge in [-0.1, -0.05) is 60.2 Å². The van der Waals surface area contributed by atoms with Crippen LogP contribution in [0.15, 0.2) is 82.9 Å². The van der Waals surface area contributed by atoms with E-state index in [9.17, 15) is 8.42 Å². The van der Waals surface area contributed by atoms with Gasteiger partial charge in [0.15, 0.2) is 0 Å². The second-order valence-electron chi connectivity index (χ2n) is 6.63. The molecule has 0 unspecified atom stereocenters. The summed E-state index contributed by atoms with van der Waals surface area (Å²) in [6.45, 7) is 6.63. The zero-order valence-electron chi connectivity index (χ0n) is 16.2. The Kier molecular flexibility index (Phi) is 7.81. The van der Waals surface area contributed by atoms with Crippen LogP contribution in [0.4, 0.5) is 0 Å². The SMILES string of the molecule is CC(C)=C=CCCN(C/C=C/c1ccccc1)S(=O)(=O)c1ccc(C)cc1. The van der Waals surface area contributed by atoms with Gasteiger partial charge in [0, 0.05) is 13.1 Å². The highest BCUT2D eigenvalue weighted by Gasteiger charge is 2.22. The molecular formula is C23H27NO2S. The molecule has 2 rings (SSSR count). The van der Waals surface area contributed by atoms with Crippen molar-refractivity contribution in [3.05, 3.63) is 89.2 Å². The lowest BCUT2D eigenvalue weighted by Gasteiger charge is -2.20. The fraction of sp³-hybridized carbons (Fsp3) is 0.261. The maximum absolute atomic E-state index is 13.1. The molecule has 0 aliphatic heterocycles. The first-order chi connectivity index (χ1) is 12.9. The molecule has 0 atom stereocenters. The van der Waals surface area contributed by atoms with Gasteiger partial charge in [0.25, 0.3) is 0 Å². The molecule has 0 saturated heterocycles. The summed E-state index contributed by atoms with van der Waals surface area (Å²) >= 11 is 0. The number of hydrogen-bond donors (Lipinski definition) is 0. The van der Waals surface area contributed by atoms with E-state index >= 15 is 0 Å². The first kappa shape index (κ1) is 20.9. The Balaban J connectivity index is 2.21. The standard InChI is InChI=1S/C23H27NO2S/c1-20(2)10-7-8-18-24(19-9-13-22-11-5-4-6-12-22)27(25,26)23-16-14-21(3)15-17-23/h4-7,9,11-17H,8,18-19H2,1-3H3/b13-9+. The van der Waals surface area contributed by atoms with Crippen molar-refractivity contribution in [2.24, 2.45) is 0 Å². The van der Waals surface area contributed by atoms with Crippen LogP contribution in [0.5, 0.6) is 0 Å². The number of benzene rings is 2. The zero-order valence-corrected chi connectivity index (χ0v) is 17.0. The lowest BCUT2D eigenvalue weighted by atomic mass is 10.2. The Morgan fingerprint density at radius 3 is 2.33 bits per heavy atom. The maximum atomic E-state index is 13.1. The van der Waals surface area contributed by atoms with E-state index in [0.29, 0.717) is 24.4 Å². The van der Waals surface area contributed by atoms with Crippen molar-refractivity contribution in [2.45, 2.75) is 32.1 Å². The third-order valence-electron chi connectivity index (χ3n) is 3.99. The highest BCUT2D eigenvalue weighted by Crippen LogP contribution is 2.17. The van der Waals surface area contributed by atoms with E-state index < -0.39 is 10.0 Å². The van der Waals surface area contributed by atoms with Crippen LogP contribution in [0.25, 0.3) is 6.08 Å². The van der Waals surface area contributed by atoms with Gasteiger partial charge in [0.05, 0.1) is 4.90 Å². The Morgan fingerprint density at radius 1 is 1.04 bits per heavy atom. The van der Waals surface area contributed by atoms with Gasteiger partial charge in [-0.2, -0.15) is 4.31 Å². The summed E-state index contributed by atoms with van der Waals surface area (Å²) in [6.07, 6.45) is 6.36. The highest BCUT2D eigenvalue weighted by molar-refractivity contribution is 7.89. The quantitative estimate of drug-likeness (QED) is 0.589. The van der Waals surface area contributed by atoms with Crippen molar-refractivity contribution in [1.29, 1.82) is 0 Å². The van der Waals surface area contributed by atoms with Crippen LogP contribution < -0.4 is 0 Å². The van der Waals surface area contributed by atoms with Crippen LogP contribution in [-0.4, -0.2) is 25.8 Å². The Hall–Kier alpha value is -2.39. The largest absolute Gasteiger partial charge is 0.243 e. The summed E-state index contributed by atoms with van der Waals surface area (Å²) in [5.41, 5.74) is 6.30. The smallest absolute Gasteiger partial charge is 0.207 e. The minimum atomic E-state index is -3.55. The zero-order chi connectivity index (χ0) is 19.7. The van der Waals surface area contributed by atoms with Gasteiger partial charge >= 0.3 is 0 Å². The summed E-state index contributed by atoms with van der Waals surface area (Å²) in [6, 6.07) is 16.9. The van der Waals surface area contributed by atoms with Crippen molar-refractivity contribution >= 4 is 16.1 Å². The summed E-state index contributed by atoms with van der Waals surface area (Å²) < 4.78 is 27.6. The Bertz CT molecular complexity index is 916. The third-order valence-corrected chi connectivity index (χ3v) is 5.87. The molecule has 2 aromatic carbocycles. The Morgan fingerprint density at radius 2 is 1.70 bits per heavy atom. The Labute approximate surface area is 163 Å². The van der Waals surface area contributed by atoms with Crippen LogP contribution in [0.1, 0.15) is 31.4 Å². The molecule has 142 valence electrons. The van der Waals surface area contributed by atoms with Crippen molar-refractivity contribution in [1.82, 2.24) is 4.31 Å². The number of nitrogens with zero attached hydrogens (tertiary/aromatic N) is 1. The minimum Gasteiger partial charge on any atom is -0.207 e. The van der Waals surface area contributed by atoms with Gasteiger partial charge in [0.2, 0.25) is 10.0 Å². The van der Waals surface area contributed by atoms with Crippen molar-refractivity contribution in [3.63, 3.8) is 0 Å². The monoisotopic (exact) mass is 381 g/mol. The topological polar surface area (TPSA) is 37.4 Å². The van der Waals surface area contributed by atoms with Gasteiger partial charge in [0.1, 0.15) is 0 Å². The van der Waals surface area contributed by atoms with Crippen LogP contribution >= 0.6 is 0 Å². The molecule has 0 radical (unpaired) electrons. The number of sulfonamides is 1. The average molecular weight is 382 g/mol. The first-order valence-corrected chi connectivity index (χ1v) is 10.5. The fourth-order valence-corrected chi connectivity index (χ4v) is 3.93. The molecule has 0 spiro atoms. The fourth-order valence-electron chi connectivity index (χ4n) is 2.52. The van der Waals surface area contributed by atoms with Gasteiger partial charge in [-0.3, -0.25) is 0 Å². The van der Waals surface area contributed by atoms with E-state index in [1.54, 1.807) is 12.1 Å². The van der Waals surface area contributed by atoms with Crippen molar-refractivity contribution in [2.75, 3.05) is 13.1 Å². The molecule has 0 aliphatic rings. The molecule has 4 heteroatoms. The summed E-state index contributed by atoms with van der Waals surface area (Å²) in [7, 11) is -3.55. The minimum absolute atomic E-state index is 0.326. The molecule has 0 fully saturated rings. The summed E-state index contributed by atoms with van der Waals surface area (Å²) in [5, 5.41) is 0. The summed E-state index contributed by atoms with van der Waals surface area (Å²) in [5.74, 6) is 0. The van der Waals surface area contributed by atoms with E-state index in [0.717, 1.165) is 16.7 Å². The molecule has 2 aromatic rings. The van der Waals surface area contributed by atoms with Crippen LogP contribution in [-0.2, 0) is 10.0 Å². The molecule has 0 aliphatic carbocycles. The van der Waals surface area contributed by atoms with Crippen molar-refractivity contribution in [3.8, 4) is 0 Å². The number of rotatable bonds is 8. The van der Waals surface area contributed by atoms with Crippen LogP contribution in [0, 0.1) is 6.92 Å². The van der Waals surface area contributed by atoms with Gasteiger partial charge in [-0.25, -0.2) is 8.42 Å². The predicted octanol–water partition coefficient (Wildman–Crippen LogP) is 5.21. The van der Waals surface area contributed by atoms with Gasteiger partial charge in [-0.15, -0.1) is 5.73 Å². The van der Waals surface area contributed by atoms with Gasteiger partial charge < -0.3 is 0 Å². The van der Waals surface area contributed by atoms with Crippen molar-refractivity contribution < 1.29 is 8.42 Å². The van der Waals surface area contributed by atoms with E-state index in [1.807, 2.05) is 81.5 Å². The predicted molar refractivity (Wildman–Crippen MR) is 113 cm³/mol. The first-order valence-electron chi connectivity index (χ1n) is 9.06. The second kappa shape index (κ2) is 10.1. The second-order valence-corrected chi connectivity index (χ2v) is 8.56. The molecule has 0 N–H and O–H groups in total. The molecule has 0 amide bonds. The molecule has 0 heterocycles. The molecule has 0 aromatic heterocycles. The highest BCUT2D eigenvalue weighted by atomic mass is 32.2. The van der Waals surface area contributed by atoms with E-state index in [4.69, 9.17) is 0 Å². The molecule has 27 heavy (non-hydrogen) atoms. The molecular weight excluding hydrogens is 354 g/mol. The third kappa shape index (κ3) is 6.69. The van der Waals surface area contributed by atoms with E-state index in [2.05, 4.69) is 5.73 Å². The molecule has 0 bridgehead atoms. The van der Waals surface area contributed by atoms with Crippen LogP contribution in [0.3, 0.4) is 0 Å². The normalized spacial score (nSPS) is 11.6. The number of aryl methyl sites for hydroxylation is 1. The lowest BCUT2D eigenvalue weighted by Crippen LogP contribution is -2.32. The molecule has 0 saturated carbocycles. The average Bonchev–Trinajstić information content (AvgIpc) is 2.64. The lowest BCUT2D eigenvalue weighted by molar-refractivity contribution is 0.448. The van der Waals surface area contributed by atoms with E-state index in [1.165, 1.54) is 4.31 Å². The maximum Gasteiger partial charge on any atom is 0.243 e. The number of hydrogen-bond acceptors (Lipinski definition) is 2. The van der Waals surface area contributed by atoms with Gasteiger partial charge in [-0.05, 0) is 56.5 Å².